The van der Waals surface area contributed by atoms with Crippen LogP contribution in [0.15, 0.2) is 0 Å². The number of halogens is 3. The van der Waals surface area contributed by atoms with Crippen molar-refractivity contribution in [2.24, 2.45) is 0 Å². The molecule has 0 aliphatic carbocycles. The van der Waals surface area contributed by atoms with Crippen LogP contribution in [0.25, 0.3) is 0 Å². The van der Waals surface area contributed by atoms with Gasteiger partial charge in [-0.25, -0.2) is 0 Å². The number of hydrogen-bond acceptors (Lipinski definition) is 2. The summed E-state index contributed by atoms with van der Waals surface area (Å²) in [6.45, 7) is 0. The van der Waals surface area contributed by atoms with Gasteiger partial charge in [0.05, 0.1) is 12.2 Å². The van der Waals surface area contributed by atoms with Crippen molar-refractivity contribution in [2.75, 3.05) is 0 Å². The van der Waals surface area contributed by atoms with E-state index >= 15 is 0 Å². The molecule has 0 aromatic heterocycles. The monoisotopic (exact) mass is 196 g/mol. The minimum atomic E-state index is -4.56. The van der Waals surface area contributed by atoms with Gasteiger partial charge in [0.1, 0.15) is 0 Å². The second-order valence-corrected chi connectivity index (χ2v) is 3.78. The third kappa shape index (κ3) is 1.25. The Balaban J connectivity index is 2.22. The molecule has 2 fully saturated rings. The SMILES string of the molecule is OC1(C(F)(F)F)CCC2CCC1O2. The van der Waals surface area contributed by atoms with Crippen LogP contribution in [0.2, 0.25) is 0 Å². The third-order valence-electron chi connectivity index (χ3n) is 2.98. The Labute approximate surface area is 73.7 Å². The molecule has 2 rings (SSSR count). The highest BCUT2D eigenvalue weighted by Gasteiger charge is 2.62. The second kappa shape index (κ2) is 2.60. The van der Waals surface area contributed by atoms with Gasteiger partial charge in [-0.05, 0) is 25.7 Å². The molecule has 2 aliphatic rings. The highest BCUT2D eigenvalue weighted by molar-refractivity contribution is 5.01. The van der Waals surface area contributed by atoms with E-state index in [1.54, 1.807) is 0 Å². The van der Waals surface area contributed by atoms with Crippen molar-refractivity contribution in [3.05, 3.63) is 0 Å². The maximum Gasteiger partial charge on any atom is 0.419 e. The minimum absolute atomic E-state index is 0.0624. The second-order valence-electron chi connectivity index (χ2n) is 3.78. The van der Waals surface area contributed by atoms with Crippen molar-refractivity contribution in [3.8, 4) is 0 Å². The Morgan fingerprint density at radius 2 is 1.92 bits per heavy atom. The smallest absolute Gasteiger partial charge is 0.378 e. The molecule has 2 aliphatic heterocycles. The van der Waals surface area contributed by atoms with Crippen molar-refractivity contribution >= 4 is 0 Å². The van der Waals surface area contributed by atoms with Crippen LogP contribution in [0, 0.1) is 0 Å². The molecule has 5 heteroatoms. The summed E-state index contributed by atoms with van der Waals surface area (Å²) in [4.78, 5) is 0. The van der Waals surface area contributed by atoms with E-state index in [9.17, 15) is 18.3 Å². The fourth-order valence-corrected chi connectivity index (χ4v) is 2.14. The first-order valence-electron chi connectivity index (χ1n) is 4.38. The van der Waals surface area contributed by atoms with Crippen molar-refractivity contribution in [2.45, 2.75) is 49.7 Å². The van der Waals surface area contributed by atoms with Crippen molar-refractivity contribution < 1.29 is 23.0 Å². The lowest BCUT2D eigenvalue weighted by Gasteiger charge is -2.38. The molecule has 1 N–H and O–H groups in total. The Hall–Kier alpha value is -0.290. The van der Waals surface area contributed by atoms with Gasteiger partial charge in [-0.1, -0.05) is 0 Å². The Morgan fingerprint density at radius 3 is 2.54 bits per heavy atom. The van der Waals surface area contributed by atoms with Gasteiger partial charge in [-0.3, -0.25) is 0 Å². The topological polar surface area (TPSA) is 29.5 Å². The van der Waals surface area contributed by atoms with Gasteiger partial charge in [0.25, 0.3) is 0 Å². The standard InChI is InChI=1S/C8H11F3O2/c9-8(10,11)7(12)4-3-5-1-2-6(7)13-5/h5-6,12H,1-4H2. The third-order valence-corrected chi connectivity index (χ3v) is 2.98. The highest BCUT2D eigenvalue weighted by atomic mass is 19.4. The van der Waals surface area contributed by atoms with Crippen LogP contribution >= 0.6 is 0 Å². The quantitative estimate of drug-likeness (QED) is 0.638. The molecule has 0 saturated carbocycles. The van der Waals surface area contributed by atoms with E-state index < -0.39 is 17.9 Å². The molecule has 0 radical (unpaired) electrons. The molecule has 13 heavy (non-hydrogen) atoms. The number of fused-ring (bicyclic) bond motifs is 2. The lowest BCUT2D eigenvalue weighted by atomic mass is 9.89. The summed E-state index contributed by atoms with van der Waals surface area (Å²) in [6.07, 6.45) is -4.60. The summed E-state index contributed by atoms with van der Waals surface area (Å²) in [5, 5.41) is 9.44. The number of ether oxygens (including phenoxy) is 1. The van der Waals surface area contributed by atoms with Crippen LogP contribution in [0.4, 0.5) is 13.2 Å². The molecule has 2 saturated heterocycles. The Bertz CT molecular complexity index is 216. The van der Waals surface area contributed by atoms with Gasteiger partial charge in [0.15, 0.2) is 5.60 Å². The predicted molar refractivity (Wildman–Crippen MR) is 38.1 cm³/mol. The normalized spacial score (nSPS) is 45.2. The largest absolute Gasteiger partial charge is 0.419 e. The lowest BCUT2D eigenvalue weighted by Crippen LogP contribution is -2.56. The van der Waals surface area contributed by atoms with E-state index in [-0.39, 0.29) is 12.5 Å². The Kier molecular flexibility index (Phi) is 1.86. The first kappa shape index (κ1) is 9.27. The molecule has 2 nitrogen and oxygen atoms in total. The first-order valence-corrected chi connectivity index (χ1v) is 4.38. The molecule has 3 atom stereocenters. The van der Waals surface area contributed by atoms with Gasteiger partial charge < -0.3 is 9.84 Å². The predicted octanol–water partition coefficient (Wildman–Crippen LogP) is 1.62. The molecule has 3 unspecified atom stereocenters. The number of hydrogen-bond donors (Lipinski definition) is 1. The minimum Gasteiger partial charge on any atom is -0.378 e. The van der Waals surface area contributed by atoms with Gasteiger partial charge in [0.2, 0.25) is 0 Å². The number of rotatable bonds is 0. The summed E-state index contributed by atoms with van der Waals surface area (Å²) in [5.41, 5.74) is -2.60. The van der Waals surface area contributed by atoms with Gasteiger partial charge >= 0.3 is 6.18 Å². The van der Waals surface area contributed by atoms with Gasteiger partial charge in [-0.2, -0.15) is 13.2 Å². The van der Waals surface area contributed by atoms with Gasteiger partial charge in [-0.15, -0.1) is 0 Å². The molecule has 0 amide bonds. The highest BCUT2D eigenvalue weighted by Crippen LogP contribution is 2.47. The maximum absolute atomic E-state index is 12.5. The van der Waals surface area contributed by atoms with Crippen molar-refractivity contribution in [3.63, 3.8) is 0 Å². The lowest BCUT2D eigenvalue weighted by molar-refractivity contribution is -0.308. The van der Waals surface area contributed by atoms with Crippen LogP contribution < -0.4 is 0 Å². The Morgan fingerprint density at radius 1 is 1.23 bits per heavy atom. The molecular formula is C8H11F3O2. The van der Waals surface area contributed by atoms with E-state index in [1.165, 1.54) is 0 Å². The molecule has 0 aromatic rings. The van der Waals surface area contributed by atoms with E-state index in [0.717, 1.165) is 0 Å². The van der Waals surface area contributed by atoms with Crippen LogP contribution in [-0.2, 0) is 4.74 Å². The average Bonchev–Trinajstić information content (AvgIpc) is 2.41. The van der Waals surface area contributed by atoms with Crippen LogP contribution in [0.5, 0.6) is 0 Å². The van der Waals surface area contributed by atoms with Crippen LogP contribution in [0.3, 0.4) is 0 Å². The number of alkyl halides is 3. The fourth-order valence-electron chi connectivity index (χ4n) is 2.14. The molecular weight excluding hydrogens is 185 g/mol. The molecule has 0 spiro atoms. The van der Waals surface area contributed by atoms with Gasteiger partial charge in [0, 0.05) is 0 Å². The van der Waals surface area contributed by atoms with Crippen LogP contribution in [0.1, 0.15) is 25.7 Å². The van der Waals surface area contributed by atoms with E-state index in [4.69, 9.17) is 4.74 Å². The zero-order valence-electron chi connectivity index (χ0n) is 6.97. The first-order chi connectivity index (χ1) is 5.93. The zero-order valence-corrected chi connectivity index (χ0v) is 6.97. The molecule has 2 bridgehead atoms. The van der Waals surface area contributed by atoms with E-state index in [2.05, 4.69) is 0 Å². The summed E-state index contributed by atoms with van der Waals surface area (Å²) < 4.78 is 42.4. The van der Waals surface area contributed by atoms with E-state index in [0.29, 0.717) is 19.3 Å². The van der Waals surface area contributed by atoms with E-state index in [1.807, 2.05) is 0 Å². The molecule has 76 valence electrons. The summed E-state index contributed by atoms with van der Waals surface area (Å²) in [5.74, 6) is 0. The average molecular weight is 196 g/mol. The van der Waals surface area contributed by atoms with Crippen LogP contribution in [-0.4, -0.2) is 29.1 Å². The molecule has 0 aromatic carbocycles. The maximum atomic E-state index is 12.5. The van der Waals surface area contributed by atoms with Crippen molar-refractivity contribution in [1.82, 2.24) is 0 Å². The fraction of sp³-hybridized carbons (Fsp3) is 1.00. The molecule has 2 heterocycles. The summed E-state index contributed by atoms with van der Waals surface area (Å²) in [6, 6.07) is 0. The van der Waals surface area contributed by atoms with Crippen molar-refractivity contribution in [1.29, 1.82) is 0 Å². The zero-order chi connectivity index (χ0) is 9.69. The summed E-state index contributed by atoms with van der Waals surface area (Å²) >= 11 is 0. The summed E-state index contributed by atoms with van der Waals surface area (Å²) in [7, 11) is 0. The number of aliphatic hydroxyl groups is 1.